The first kappa shape index (κ1) is 14.9. The summed E-state index contributed by atoms with van der Waals surface area (Å²) in [4.78, 5) is 23.4. The minimum absolute atomic E-state index is 0.156. The Balaban J connectivity index is 3.14. The number of hydrogen-bond acceptors (Lipinski definition) is 6. The molecule has 1 amide bonds. The van der Waals surface area contributed by atoms with Crippen LogP contribution in [0.2, 0.25) is 0 Å². The normalized spacial score (nSPS) is 9.15. The average molecular weight is 273 g/mol. The molecule has 0 aliphatic carbocycles. The van der Waals surface area contributed by atoms with Crippen molar-refractivity contribution in [1.82, 2.24) is 4.90 Å². The summed E-state index contributed by atoms with van der Waals surface area (Å²) in [6.45, 7) is -0.448. The van der Waals surface area contributed by atoms with E-state index in [-0.39, 0.29) is 30.0 Å². The molecule has 0 unspecified atom stereocenters. The molecule has 0 aliphatic heterocycles. The molecule has 0 saturated carbocycles. The average Bonchev–Trinajstić information content (AvgIpc) is 2.45. The number of nitriles is 2. The van der Waals surface area contributed by atoms with Crippen LogP contribution in [0.3, 0.4) is 0 Å². The Kier molecular flexibility index (Phi) is 5.01. The fourth-order valence-electron chi connectivity index (χ4n) is 1.58. The fourth-order valence-corrected chi connectivity index (χ4v) is 1.58. The molecule has 1 N–H and O–H groups in total. The van der Waals surface area contributed by atoms with Gasteiger partial charge in [-0.2, -0.15) is 10.5 Å². The maximum atomic E-state index is 12.1. The third-order valence-corrected chi connectivity index (χ3v) is 2.52. The molecule has 8 heteroatoms. The fraction of sp³-hybridized carbons (Fsp3) is 0.250. The van der Waals surface area contributed by atoms with Crippen molar-refractivity contribution in [2.24, 2.45) is 0 Å². The summed E-state index contributed by atoms with van der Waals surface area (Å²) in [6, 6.07) is 7.40. The van der Waals surface area contributed by atoms with Gasteiger partial charge in [-0.1, -0.05) is 0 Å². The number of benzene rings is 1. The number of amides is 1. The molecule has 0 bridgehead atoms. The largest absolute Gasteiger partial charge is 0.383 e. The third-order valence-electron chi connectivity index (χ3n) is 2.52. The van der Waals surface area contributed by atoms with Crippen LogP contribution >= 0.6 is 0 Å². The summed E-state index contributed by atoms with van der Waals surface area (Å²) in [5, 5.41) is 30.7. The van der Waals surface area contributed by atoms with Gasteiger partial charge in [0.25, 0.3) is 11.6 Å². The second-order valence-electron chi connectivity index (χ2n) is 3.72. The quantitative estimate of drug-likeness (QED) is 0.487. The minimum atomic E-state index is -0.567. The maximum absolute atomic E-state index is 12.1. The first-order chi connectivity index (χ1) is 9.54. The number of nitrogens with one attached hydrogen (secondary N) is 1. The van der Waals surface area contributed by atoms with Gasteiger partial charge < -0.3 is 10.2 Å². The number of carbonyl (C=O) groups excluding carboxylic acids is 1. The predicted octanol–water partition coefficient (Wildman–Crippen LogP) is 1.13. The Morgan fingerprint density at radius 3 is 2.45 bits per heavy atom. The smallest absolute Gasteiger partial charge is 0.292 e. The molecule has 0 atom stereocenters. The molecule has 0 fully saturated rings. The van der Waals surface area contributed by atoms with Crippen molar-refractivity contribution in [2.75, 3.05) is 25.5 Å². The van der Waals surface area contributed by atoms with E-state index in [0.29, 0.717) is 0 Å². The summed E-state index contributed by atoms with van der Waals surface area (Å²) < 4.78 is 0. The van der Waals surface area contributed by atoms with Crippen LogP contribution in [0, 0.1) is 32.8 Å². The number of hydrogen-bond donors (Lipinski definition) is 1. The van der Waals surface area contributed by atoms with E-state index < -0.39 is 10.8 Å². The molecule has 0 spiro atoms. The summed E-state index contributed by atoms with van der Waals surface area (Å²) >= 11 is 0. The molecule has 0 aliphatic rings. The highest BCUT2D eigenvalue weighted by atomic mass is 16.6. The summed E-state index contributed by atoms with van der Waals surface area (Å²) in [7, 11) is 1.50. The molecule has 1 aromatic carbocycles. The van der Waals surface area contributed by atoms with Crippen LogP contribution in [0.4, 0.5) is 11.4 Å². The van der Waals surface area contributed by atoms with Crippen LogP contribution in [0.15, 0.2) is 18.2 Å². The van der Waals surface area contributed by atoms with E-state index in [1.807, 2.05) is 0 Å². The van der Waals surface area contributed by atoms with E-state index in [0.717, 1.165) is 4.90 Å². The Bertz CT molecular complexity index is 598. The van der Waals surface area contributed by atoms with Gasteiger partial charge in [-0.3, -0.25) is 14.9 Å². The second kappa shape index (κ2) is 6.71. The van der Waals surface area contributed by atoms with E-state index in [1.54, 1.807) is 12.1 Å². The van der Waals surface area contributed by atoms with Crippen LogP contribution in [0.5, 0.6) is 0 Å². The SMILES string of the molecule is CNc1cc(C(=O)N(CC#N)CC#N)ccc1[N+](=O)[O-]. The predicted molar refractivity (Wildman–Crippen MR) is 69.8 cm³/mol. The maximum Gasteiger partial charge on any atom is 0.292 e. The molecule has 0 aromatic heterocycles. The Hall–Kier alpha value is -3.13. The van der Waals surface area contributed by atoms with Crippen molar-refractivity contribution in [1.29, 1.82) is 10.5 Å². The Labute approximate surface area is 115 Å². The van der Waals surface area contributed by atoms with Crippen LogP contribution < -0.4 is 5.32 Å². The van der Waals surface area contributed by atoms with Gasteiger partial charge in [0.05, 0.1) is 17.1 Å². The zero-order valence-corrected chi connectivity index (χ0v) is 10.7. The molecule has 102 valence electrons. The number of anilines is 1. The van der Waals surface area contributed by atoms with Gasteiger partial charge in [0, 0.05) is 18.7 Å². The van der Waals surface area contributed by atoms with Gasteiger partial charge in [-0.05, 0) is 12.1 Å². The van der Waals surface area contributed by atoms with Crippen molar-refractivity contribution >= 4 is 17.3 Å². The van der Waals surface area contributed by atoms with Gasteiger partial charge in [-0.25, -0.2) is 0 Å². The molecule has 0 heterocycles. The second-order valence-corrected chi connectivity index (χ2v) is 3.72. The van der Waals surface area contributed by atoms with Crippen molar-refractivity contribution in [3.05, 3.63) is 33.9 Å². The Morgan fingerprint density at radius 2 is 2.00 bits per heavy atom. The molecule has 0 radical (unpaired) electrons. The minimum Gasteiger partial charge on any atom is -0.383 e. The van der Waals surface area contributed by atoms with E-state index in [4.69, 9.17) is 10.5 Å². The lowest BCUT2D eigenvalue weighted by atomic mass is 10.1. The lowest BCUT2D eigenvalue weighted by Crippen LogP contribution is -2.31. The van der Waals surface area contributed by atoms with Crippen LogP contribution in [0.1, 0.15) is 10.4 Å². The van der Waals surface area contributed by atoms with Crippen molar-refractivity contribution < 1.29 is 9.72 Å². The van der Waals surface area contributed by atoms with Gasteiger partial charge in [0.1, 0.15) is 18.8 Å². The zero-order valence-electron chi connectivity index (χ0n) is 10.7. The van der Waals surface area contributed by atoms with E-state index in [1.165, 1.54) is 25.2 Å². The highest BCUT2D eigenvalue weighted by molar-refractivity contribution is 5.96. The van der Waals surface area contributed by atoms with Crippen LogP contribution in [-0.2, 0) is 0 Å². The van der Waals surface area contributed by atoms with Crippen molar-refractivity contribution in [3.8, 4) is 12.1 Å². The molecule has 1 aromatic rings. The van der Waals surface area contributed by atoms with E-state index in [2.05, 4.69) is 5.32 Å². The number of nitrogens with zero attached hydrogens (tertiary/aromatic N) is 4. The molecule has 20 heavy (non-hydrogen) atoms. The highest BCUT2D eigenvalue weighted by Crippen LogP contribution is 2.25. The van der Waals surface area contributed by atoms with Gasteiger partial charge in [-0.15, -0.1) is 0 Å². The van der Waals surface area contributed by atoms with Gasteiger partial charge >= 0.3 is 0 Å². The van der Waals surface area contributed by atoms with Gasteiger partial charge in [0.15, 0.2) is 0 Å². The third kappa shape index (κ3) is 3.21. The molecular weight excluding hydrogens is 262 g/mol. The van der Waals surface area contributed by atoms with Crippen molar-refractivity contribution in [3.63, 3.8) is 0 Å². The standard InChI is InChI=1S/C12H11N5O3/c1-15-10-8-9(2-3-11(10)17(19)20)12(18)16(6-4-13)7-5-14/h2-3,8,15H,6-7H2,1H3. The zero-order chi connectivity index (χ0) is 15.1. The molecular formula is C12H11N5O3. The van der Waals surface area contributed by atoms with Crippen LogP contribution in [0.25, 0.3) is 0 Å². The first-order valence-corrected chi connectivity index (χ1v) is 5.54. The Morgan fingerprint density at radius 1 is 1.40 bits per heavy atom. The summed E-state index contributed by atoms with van der Waals surface area (Å²) in [6.07, 6.45) is 0. The number of nitro benzene ring substituents is 1. The number of carbonyl (C=O) groups is 1. The molecule has 0 saturated heterocycles. The molecule has 1 rings (SSSR count). The summed E-state index contributed by atoms with van der Waals surface area (Å²) in [5.74, 6) is -0.528. The van der Waals surface area contributed by atoms with Gasteiger partial charge in [0.2, 0.25) is 0 Å². The van der Waals surface area contributed by atoms with E-state index in [9.17, 15) is 14.9 Å². The summed E-state index contributed by atoms with van der Waals surface area (Å²) in [5.41, 5.74) is 0.205. The first-order valence-electron chi connectivity index (χ1n) is 5.54. The number of nitro groups is 1. The molecule has 8 nitrogen and oxygen atoms in total. The lowest BCUT2D eigenvalue weighted by Gasteiger charge is -2.16. The van der Waals surface area contributed by atoms with Crippen molar-refractivity contribution in [2.45, 2.75) is 0 Å². The lowest BCUT2D eigenvalue weighted by molar-refractivity contribution is -0.383. The van der Waals surface area contributed by atoms with Crippen LogP contribution in [-0.4, -0.2) is 35.9 Å². The number of rotatable bonds is 5. The monoisotopic (exact) mass is 273 g/mol. The van der Waals surface area contributed by atoms with E-state index >= 15 is 0 Å². The topological polar surface area (TPSA) is 123 Å². The highest BCUT2D eigenvalue weighted by Gasteiger charge is 2.19.